The van der Waals surface area contributed by atoms with E-state index in [4.69, 9.17) is 11.6 Å². The van der Waals surface area contributed by atoms with Crippen molar-refractivity contribution in [1.82, 2.24) is 20.1 Å². The summed E-state index contributed by atoms with van der Waals surface area (Å²) in [4.78, 5) is 17.5. The third-order valence-electron chi connectivity index (χ3n) is 4.97. The zero-order valence-electron chi connectivity index (χ0n) is 15.6. The second-order valence-corrected chi connectivity index (χ2v) is 7.88. The Hall–Kier alpha value is -2.66. The molecule has 5 nitrogen and oxygen atoms in total. The SMILES string of the molecule is Cc1cc(C)n(-c2ccc(Cl)c(C(=O)NC3(C)Cc4ccccc4C3)n2)n1. The van der Waals surface area contributed by atoms with E-state index >= 15 is 0 Å². The number of hydrogen-bond acceptors (Lipinski definition) is 3. The summed E-state index contributed by atoms with van der Waals surface area (Å²) in [6.45, 7) is 5.93. The number of nitrogens with zero attached hydrogens (tertiary/aromatic N) is 3. The maximum Gasteiger partial charge on any atom is 0.271 e. The van der Waals surface area contributed by atoms with Crippen LogP contribution in [0.25, 0.3) is 5.82 Å². The van der Waals surface area contributed by atoms with Crippen molar-refractivity contribution < 1.29 is 4.79 Å². The van der Waals surface area contributed by atoms with E-state index in [0.29, 0.717) is 10.8 Å². The number of carbonyl (C=O) groups is 1. The Bertz CT molecular complexity index is 1020. The molecule has 4 rings (SSSR count). The molecule has 6 heteroatoms. The minimum Gasteiger partial charge on any atom is -0.345 e. The zero-order valence-corrected chi connectivity index (χ0v) is 16.3. The molecule has 3 aromatic rings. The first-order valence-electron chi connectivity index (χ1n) is 8.94. The Morgan fingerprint density at radius 1 is 1.15 bits per heavy atom. The summed E-state index contributed by atoms with van der Waals surface area (Å²) in [5, 5.41) is 7.91. The molecule has 0 saturated carbocycles. The summed E-state index contributed by atoms with van der Waals surface area (Å²) in [7, 11) is 0. The minimum atomic E-state index is -0.347. The van der Waals surface area contributed by atoms with Gasteiger partial charge in [-0.05, 0) is 62.9 Å². The van der Waals surface area contributed by atoms with Gasteiger partial charge in [-0.2, -0.15) is 5.10 Å². The van der Waals surface area contributed by atoms with Gasteiger partial charge in [0.2, 0.25) is 0 Å². The minimum absolute atomic E-state index is 0.221. The fraction of sp³-hybridized carbons (Fsp3) is 0.286. The number of amides is 1. The van der Waals surface area contributed by atoms with Crippen molar-refractivity contribution in [3.05, 3.63) is 75.7 Å². The third-order valence-corrected chi connectivity index (χ3v) is 5.27. The van der Waals surface area contributed by atoms with Gasteiger partial charge in [0.05, 0.1) is 10.7 Å². The molecule has 0 radical (unpaired) electrons. The number of aryl methyl sites for hydroxylation is 2. The summed E-state index contributed by atoms with van der Waals surface area (Å²) >= 11 is 6.29. The van der Waals surface area contributed by atoms with Crippen LogP contribution < -0.4 is 5.32 Å². The molecule has 1 aromatic carbocycles. The zero-order chi connectivity index (χ0) is 19.2. The topological polar surface area (TPSA) is 59.8 Å². The van der Waals surface area contributed by atoms with Crippen molar-refractivity contribution >= 4 is 17.5 Å². The van der Waals surface area contributed by atoms with Crippen molar-refractivity contribution in [3.8, 4) is 5.82 Å². The first-order valence-corrected chi connectivity index (χ1v) is 9.32. The van der Waals surface area contributed by atoms with Gasteiger partial charge >= 0.3 is 0 Å². The predicted molar refractivity (Wildman–Crippen MR) is 106 cm³/mol. The Balaban J connectivity index is 1.61. The average molecular weight is 381 g/mol. The van der Waals surface area contributed by atoms with Crippen LogP contribution in [-0.4, -0.2) is 26.2 Å². The number of rotatable bonds is 3. The van der Waals surface area contributed by atoms with E-state index in [-0.39, 0.29) is 17.1 Å². The molecule has 2 aromatic heterocycles. The average Bonchev–Trinajstić information content (AvgIpc) is 3.12. The smallest absolute Gasteiger partial charge is 0.271 e. The van der Waals surface area contributed by atoms with Gasteiger partial charge in [0.25, 0.3) is 5.91 Å². The molecule has 0 fully saturated rings. The molecule has 0 saturated heterocycles. The van der Waals surface area contributed by atoms with E-state index in [1.807, 2.05) is 32.0 Å². The van der Waals surface area contributed by atoms with Gasteiger partial charge in [-0.25, -0.2) is 9.67 Å². The molecule has 0 unspecified atom stereocenters. The van der Waals surface area contributed by atoms with Crippen molar-refractivity contribution in [2.75, 3.05) is 0 Å². The van der Waals surface area contributed by atoms with Gasteiger partial charge < -0.3 is 5.32 Å². The number of fused-ring (bicyclic) bond motifs is 1. The summed E-state index contributed by atoms with van der Waals surface area (Å²) in [6, 6.07) is 13.7. The number of nitrogens with one attached hydrogen (secondary N) is 1. The predicted octanol–water partition coefficient (Wildman–Crippen LogP) is 3.82. The van der Waals surface area contributed by atoms with Crippen LogP contribution in [0.5, 0.6) is 0 Å². The number of carbonyl (C=O) groups excluding carboxylic acids is 1. The van der Waals surface area contributed by atoms with Gasteiger partial charge in [-0.3, -0.25) is 4.79 Å². The van der Waals surface area contributed by atoms with Crippen molar-refractivity contribution in [1.29, 1.82) is 0 Å². The standard InChI is InChI=1S/C21H21ClN4O/c1-13-10-14(2)26(25-13)18-9-8-17(22)19(23-18)20(27)24-21(3)11-15-6-4-5-7-16(15)12-21/h4-10H,11-12H2,1-3H3,(H,24,27). The van der Waals surface area contributed by atoms with Crippen molar-refractivity contribution in [2.45, 2.75) is 39.2 Å². The van der Waals surface area contributed by atoms with Crippen LogP contribution in [0.1, 0.15) is 39.9 Å². The molecular weight excluding hydrogens is 360 g/mol. The van der Waals surface area contributed by atoms with E-state index in [2.05, 4.69) is 34.5 Å². The molecule has 1 N–H and O–H groups in total. The van der Waals surface area contributed by atoms with E-state index < -0.39 is 0 Å². The van der Waals surface area contributed by atoms with Gasteiger partial charge in [-0.1, -0.05) is 35.9 Å². The second-order valence-electron chi connectivity index (χ2n) is 7.48. The fourth-order valence-electron chi connectivity index (χ4n) is 3.80. The van der Waals surface area contributed by atoms with Crippen molar-refractivity contribution in [3.63, 3.8) is 0 Å². The molecule has 1 aliphatic rings. The van der Waals surface area contributed by atoms with Crippen LogP contribution in [-0.2, 0) is 12.8 Å². The molecule has 0 atom stereocenters. The summed E-state index contributed by atoms with van der Waals surface area (Å²) in [5.74, 6) is 0.314. The molecule has 0 bridgehead atoms. The van der Waals surface area contributed by atoms with Crippen LogP contribution in [0, 0.1) is 13.8 Å². The fourth-order valence-corrected chi connectivity index (χ4v) is 3.99. The first kappa shape index (κ1) is 17.7. The number of hydrogen-bond donors (Lipinski definition) is 1. The molecule has 2 heterocycles. The Morgan fingerprint density at radius 3 is 2.41 bits per heavy atom. The van der Waals surface area contributed by atoms with Gasteiger partial charge in [0, 0.05) is 11.2 Å². The normalized spacial score (nSPS) is 14.8. The highest BCUT2D eigenvalue weighted by Crippen LogP contribution is 2.30. The Labute approximate surface area is 163 Å². The lowest BCUT2D eigenvalue weighted by molar-refractivity contribution is 0.0904. The quantitative estimate of drug-likeness (QED) is 0.751. The van der Waals surface area contributed by atoms with E-state index in [1.54, 1.807) is 16.8 Å². The lowest BCUT2D eigenvalue weighted by atomic mass is 9.98. The number of aromatic nitrogens is 3. The lowest BCUT2D eigenvalue weighted by Crippen LogP contribution is -2.47. The van der Waals surface area contributed by atoms with E-state index in [9.17, 15) is 4.79 Å². The second kappa shape index (κ2) is 6.50. The third kappa shape index (κ3) is 3.35. The van der Waals surface area contributed by atoms with Gasteiger partial charge in [0.1, 0.15) is 5.69 Å². The molecule has 138 valence electrons. The highest BCUT2D eigenvalue weighted by atomic mass is 35.5. The molecular formula is C21H21ClN4O. The number of halogens is 1. The number of pyridine rings is 1. The van der Waals surface area contributed by atoms with Crippen LogP contribution in [0.15, 0.2) is 42.5 Å². The monoisotopic (exact) mass is 380 g/mol. The summed E-state index contributed by atoms with van der Waals surface area (Å²) < 4.78 is 1.72. The molecule has 1 amide bonds. The largest absolute Gasteiger partial charge is 0.345 e. The molecule has 0 spiro atoms. The molecule has 1 aliphatic carbocycles. The van der Waals surface area contributed by atoms with E-state index in [0.717, 1.165) is 24.2 Å². The van der Waals surface area contributed by atoms with Gasteiger partial charge in [0.15, 0.2) is 5.82 Å². The maximum atomic E-state index is 13.0. The van der Waals surface area contributed by atoms with Crippen LogP contribution in [0.3, 0.4) is 0 Å². The number of benzene rings is 1. The maximum absolute atomic E-state index is 13.0. The summed E-state index contributed by atoms with van der Waals surface area (Å²) in [6.07, 6.45) is 1.59. The van der Waals surface area contributed by atoms with Gasteiger partial charge in [-0.15, -0.1) is 0 Å². The molecule has 27 heavy (non-hydrogen) atoms. The molecule has 0 aliphatic heterocycles. The lowest BCUT2D eigenvalue weighted by Gasteiger charge is -2.25. The summed E-state index contributed by atoms with van der Waals surface area (Å²) in [5.41, 5.74) is 4.27. The van der Waals surface area contributed by atoms with Crippen molar-refractivity contribution in [2.24, 2.45) is 0 Å². The highest BCUT2D eigenvalue weighted by Gasteiger charge is 2.34. The van der Waals surface area contributed by atoms with Crippen LogP contribution in [0.2, 0.25) is 5.02 Å². The van der Waals surface area contributed by atoms with Crippen LogP contribution in [0.4, 0.5) is 0 Å². The highest BCUT2D eigenvalue weighted by molar-refractivity contribution is 6.33. The Morgan fingerprint density at radius 2 is 1.81 bits per heavy atom. The Kier molecular flexibility index (Phi) is 4.27. The van der Waals surface area contributed by atoms with Crippen LogP contribution >= 0.6 is 11.6 Å². The first-order chi connectivity index (χ1) is 12.8. The van der Waals surface area contributed by atoms with E-state index in [1.165, 1.54) is 11.1 Å².